The Hall–Kier alpha value is -2.66. The number of anilines is 1. The summed E-state index contributed by atoms with van der Waals surface area (Å²) in [7, 11) is 0. The van der Waals surface area contributed by atoms with Crippen LogP contribution in [-0.4, -0.2) is 14.5 Å². The van der Waals surface area contributed by atoms with Crippen molar-refractivity contribution >= 4 is 22.9 Å². The van der Waals surface area contributed by atoms with Gasteiger partial charge in [-0.05, 0) is 17.2 Å². The zero-order valence-corrected chi connectivity index (χ0v) is 13.5. The first-order chi connectivity index (χ1) is 11.1. The van der Waals surface area contributed by atoms with Crippen molar-refractivity contribution in [3.63, 3.8) is 0 Å². The standard InChI is InChI=1S/C18H18N4S/c19-16-8-4-2-5-13(16)11-17-21-9-10-22(17)12-14-6-1-3-7-15(14)18(20)23/h1-10H,11-12,19H2,(H2,20,23). The fourth-order valence-corrected chi connectivity index (χ4v) is 2.80. The van der Waals surface area contributed by atoms with Gasteiger partial charge in [-0.3, -0.25) is 0 Å². The lowest BCUT2D eigenvalue weighted by Gasteiger charge is -2.12. The summed E-state index contributed by atoms with van der Waals surface area (Å²) >= 11 is 5.14. The van der Waals surface area contributed by atoms with Crippen molar-refractivity contribution in [1.82, 2.24) is 9.55 Å². The van der Waals surface area contributed by atoms with Crippen molar-refractivity contribution in [3.8, 4) is 0 Å². The molecule has 3 rings (SSSR count). The van der Waals surface area contributed by atoms with Gasteiger partial charge in [0.1, 0.15) is 10.8 Å². The van der Waals surface area contributed by atoms with Crippen LogP contribution in [0, 0.1) is 0 Å². The number of aromatic nitrogens is 2. The number of nitrogens with zero attached hydrogens (tertiary/aromatic N) is 2. The SMILES string of the molecule is NC(=S)c1ccccc1Cn1ccnc1Cc1ccccc1N. The Kier molecular flexibility index (Phi) is 4.39. The Bertz CT molecular complexity index is 838. The van der Waals surface area contributed by atoms with Crippen LogP contribution in [-0.2, 0) is 13.0 Å². The van der Waals surface area contributed by atoms with E-state index >= 15 is 0 Å². The molecule has 0 aliphatic rings. The summed E-state index contributed by atoms with van der Waals surface area (Å²) in [6.45, 7) is 0.676. The van der Waals surface area contributed by atoms with E-state index in [9.17, 15) is 0 Å². The van der Waals surface area contributed by atoms with Crippen molar-refractivity contribution in [2.24, 2.45) is 5.73 Å². The molecule has 4 N–H and O–H groups in total. The van der Waals surface area contributed by atoms with Crippen LogP contribution in [0.2, 0.25) is 0 Å². The Morgan fingerprint density at radius 2 is 1.74 bits per heavy atom. The van der Waals surface area contributed by atoms with Crippen LogP contribution in [0.15, 0.2) is 60.9 Å². The second kappa shape index (κ2) is 6.62. The van der Waals surface area contributed by atoms with Gasteiger partial charge in [-0.25, -0.2) is 4.98 Å². The highest BCUT2D eigenvalue weighted by molar-refractivity contribution is 7.80. The first-order valence-electron chi connectivity index (χ1n) is 7.36. The average molecular weight is 322 g/mol. The molecular weight excluding hydrogens is 304 g/mol. The summed E-state index contributed by atoms with van der Waals surface area (Å²) in [6, 6.07) is 15.8. The second-order valence-corrected chi connectivity index (χ2v) is 5.81. The zero-order chi connectivity index (χ0) is 16.2. The van der Waals surface area contributed by atoms with Gasteiger partial charge in [0.05, 0.1) is 0 Å². The molecule has 3 aromatic rings. The van der Waals surface area contributed by atoms with Gasteiger partial charge >= 0.3 is 0 Å². The number of imidazole rings is 1. The molecule has 0 bridgehead atoms. The van der Waals surface area contributed by atoms with Crippen molar-refractivity contribution in [2.45, 2.75) is 13.0 Å². The minimum Gasteiger partial charge on any atom is -0.398 e. The average Bonchev–Trinajstić information content (AvgIpc) is 2.97. The van der Waals surface area contributed by atoms with E-state index in [1.54, 1.807) is 6.20 Å². The lowest BCUT2D eigenvalue weighted by atomic mass is 10.1. The van der Waals surface area contributed by atoms with Crippen molar-refractivity contribution in [2.75, 3.05) is 5.73 Å². The molecule has 0 saturated carbocycles. The van der Waals surface area contributed by atoms with Gasteiger partial charge in [0, 0.05) is 36.6 Å². The summed E-state index contributed by atoms with van der Waals surface area (Å²) in [5, 5.41) is 0. The largest absolute Gasteiger partial charge is 0.398 e. The van der Waals surface area contributed by atoms with E-state index in [0.717, 1.165) is 28.2 Å². The lowest BCUT2D eigenvalue weighted by Crippen LogP contribution is -2.14. The third-order valence-electron chi connectivity index (χ3n) is 3.83. The molecule has 0 aliphatic carbocycles. The monoisotopic (exact) mass is 322 g/mol. The molecule has 0 radical (unpaired) electrons. The lowest BCUT2D eigenvalue weighted by molar-refractivity contribution is 0.740. The molecule has 23 heavy (non-hydrogen) atoms. The number of hydrogen-bond donors (Lipinski definition) is 2. The fraction of sp³-hybridized carbons (Fsp3) is 0.111. The van der Waals surface area contributed by atoms with E-state index in [1.807, 2.05) is 54.7 Å². The van der Waals surface area contributed by atoms with E-state index in [0.29, 0.717) is 18.0 Å². The van der Waals surface area contributed by atoms with Crippen LogP contribution < -0.4 is 11.5 Å². The minimum atomic E-state index is 0.412. The Balaban J connectivity index is 1.88. The zero-order valence-electron chi connectivity index (χ0n) is 12.6. The molecule has 0 amide bonds. The first kappa shape index (κ1) is 15.2. The van der Waals surface area contributed by atoms with Crippen LogP contribution in [0.25, 0.3) is 0 Å². The van der Waals surface area contributed by atoms with Gasteiger partial charge in [-0.2, -0.15) is 0 Å². The van der Waals surface area contributed by atoms with Crippen molar-refractivity contribution < 1.29 is 0 Å². The maximum absolute atomic E-state index is 6.03. The van der Waals surface area contributed by atoms with Gasteiger partial charge in [0.25, 0.3) is 0 Å². The molecule has 0 saturated heterocycles. The van der Waals surface area contributed by atoms with Crippen LogP contribution in [0.5, 0.6) is 0 Å². The molecule has 0 spiro atoms. The second-order valence-electron chi connectivity index (χ2n) is 5.37. The summed E-state index contributed by atoms with van der Waals surface area (Å²) in [6.07, 6.45) is 4.46. The summed E-state index contributed by atoms with van der Waals surface area (Å²) in [5.74, 6) is 0.959. The quantitative estimate of drug-likeness (QED) is 0.560. The molecular formula is C18H18N4S. The molecule has 2 aromatic carbocycles. The normalized spacial score (nSPS) is 10.6. The van der Waals surface area contributed by atoms with Gasteiger partial charge < -0.3 is 16.0 Å². The van der Waals surface area contributed by atoms with E-state index < -0.39 is 0 Å². The smallest absolute Gasteiger partial charge is 0.113 e. The number of thiocarbonyl (C=S) groups is 1. The number of para-hydroxylation sites is 1. The number of rotatable bonds is 5. The first-order valence-corrected chi connectivity index (χ1v) is 7.77. The maximum Gasteiger partial charge on any atom is 0.113 e. The highest BCUT2D eigenvalue weighted by atomic mass is 32.1. The minimum absolute atomic E-state index is 0.412. The third-order valence-corrected chi connectivity index (χ3v) is 4.05. The highest BCUT2D eigenvalue weighted by Crippen LogP contribution is 2.17. The number of nitrogens with two attached hydrogens (primary N) is 2. The van der Waals surface area contributed by atoms with Gasteiger partial charge in [-0.15, -0.1) is 0 Å². The predicted octanol–water partition coefficient (Wildman–Crippen LogP) is 2.74. The molecule has 0 fully saturated rings. The molecule has 116 valence electrons. The van der Waals surface area contributed by atoms with Gasteiger partial charge in [0.15, 0.2) is 0 Å². The summed E-state index contributed by atoms with van der Waals surface area (Å²) < 4.78 is 2.10. The molecule has 4 nitrogen and oxygen atoms in total. The molecule has 0 atom stereocenters. The topological polar surface area (TPSA) is 69.9 Å². The van der Waals surface area contributed by atoms with E-state index in [-0.39, 0.29) is 0 Å². The van der Waals surface area contributed by atoms with Crippen LogP contribution in [0.4, 0.5) is 5.69 Å². The molecule has 5 heteroatoms. The molecule has 1 heterocycles. The number of nitrogen functional groups attached to an aromatic ring is 1. The van der Waals surface area contributed by atoms with Crippen molar-refractivity contribution in [1.29, 1.82) is 0 Å². The predicted molar refractivity (Wildman–Crippen MR) is 97.3 cm³/mol. The molecule has 0 unspecified atom stereocenters. The molecule has 0 aliphatic heterocycles. The number of hydrogen-bond acceptors (Lipinski definition) is 3. The van der Waals surface area contributed by atoms with E-state index in [4.69, 9.17) is 23.7 Å². The van der Waals surface area contributed by atoms with Crippen LogP contribution >= 0.6 is 12.2 Å². The Morgan fingerprint density at radius 1 is 1.04 bits per heavy atom. The van der Waals surface area contributed by atoms with Gasteiger partial charge in [0.2, 0.25) is 0 Å². The number of benzene rings is 2. The fourth-order valence-electron chi connectivity index (χ4n) is 2.60. The molecule has 1 aromatic heterocycles. The summed E-state index contributed by atoms with van der Waals surface area (Å²) in [4.78, 5) is 4.88. The van der Waals surface area contributed by atoms with Crippen LogP contribution in [0.1, 0.15) is 22.5 Å². The Morgan fingerprint density at radius 3 is 2.48 bits per heavy atom. The highest BCUT2D eigenvalue weighted by Gasteiger charge is 2.10. The van der Waals surface area contributed by atoms with Crippen molar-refractivity contribution in [3.05, 3.63) is 83.4 Å². The maximum atomic E-state index is 6.03. The Labute approximate surface area is 140 Å². The van der Waals surface area contributed by atoms with E-state index in [2.05, 4.69) is 9.55 Å². The van der Waals surface area contributed by atoms with Gasteiger partial charge in [-0.1, -0.05) is 54.7 Å². The van der Waals surface area contributed by atoms with Crippen LogP contribution in [0.3, 0.4) is 0 Å². The summed E-state index contributed by atoms with van der Waals surface area (Å²) in [5.41, 5.74) is 15.7. The van der Waals surface area contributed by atoms with E-state index in [1.165, 1.54) is 0 Å². The third kappa shape index (κ3) is 3.40.